The molecule has 1 aromatic heterocycles. The van der Waals surface area contributed by atoms with Crippen molar-refractivity contribution in [2.45, 2.75) is 5.16 Å². The van der Waals surface area contributed by atoms with Gasteiger partial charge in [0.2, 0.25) is 0 Å². The monoisotopic (exact) mass is 365 g/mol. The number of carbonyl (C=O) groups excluding carboxylic acids is 1. The van der Waals surface area contributed by atoms with Gasteiger partial charge in [-0.15, -0.1) is 10.2 Å². The Bertz CT molecular complexity index is 901. The van der Waals surface area contributed by atoms with Crippen LogP contribution < -0.4 is 0 Å². The summed E-state index contributed by atoms with van der Waals surface area (Å²) in [6.45, 7) is 0. The van der Waals surface area contributed by atoms with Crippen molar-refractivity contribution < 1.29 is 13.6 Å². The Morgan fingerprint density at radius 1 is 1.21 bits per heavy atom. The number of halogens is 3. The summed E-state index contributed by atoms with van der Waals surface area (Å²) < 4.78 is 28.2. The molecule has 0 aliphatic heterocycles. The molecule has 2 aromatic carbocycles. The molecule has 8 heteroatoms. The molecule has 3 rings (SSSR count). The Hall–Kier alpha value is -2.25. The predicted molar refractivity (Wildman–Crippen MR) is 87.8 cm³/mol. The van der Waals surface area contributed by atoms with Gasteiger partial charge in [0.25, 0.3) is 0 Å². The molecule has 0 aliphatic rings. The largest absolute Gasteiger partial charge is 0.293 e. The summed E-state index contributed by atoms with van der Waals surface area (Å²) in [6.07, 6.45) is 1.50. The van der Waals surface area contributed by atoms with E-state index in [0.717, 1.165) is 29.6 Å². The quantitative estimate of drug-likeness (QED) is 0.503. The molecule has 0 saturated carbocycles. The van der Waals surface area contributed by atoms with Gasteiger partial charge in [0.05, 0.1) is 17.0 Å². The maximum atomic E-state index is 13.6. The summed E-state index contributed by atoms with van der Waals surface area (Å²) in [5.74, 6) is -2.12. The molecule has 0 atom stereocenters. The Morgan fingerprint density at radius 3 is 2.79 bits per heavy atom. The van der Waals surface area contributed by atoms with E-state index in [1.54, 1.807) is 22.8 Å². The van der Waals surface area contributed by atoms with Gasteiger partial charge >= 0.3 is 0 Å². The number of hydrogen-bond donors (Lipinski definition) is 0. The number of Topliss-reactive ketones (excluding diaryl/α,β-unsaturated/α-hetero) is 1. The summed E-state index contributed by atoms with van der Waals surface area (Å²) in [5, 5.41) is 8.80. The van der Waals surface area contributed by atoms with Crippen molar-refractivity contribution in [2.24, 2.45) is 0 Å². The highest BCUT2D eigenvalue weighted by Crippen LogP contribution is 2.23. The van der Waals surface area contributed by atoms with Crippen molar-refractivity contribution in [3.63, 3.8) is 0 Å². The van der Waals surface area contributed by atoms with E-state index in [0.29, 0.717) is 16.2 Å². The molecule has 0 radical (unpaired) electrons. The standard InChI is InChI=1S/C16H10ClF2N3OS/c17-10-2-1-3-12(6-10)22-9-20-21-16(22)24-8-15(23)13-5-4-11(18)7-14(13)19/h1-7,9H,8H2. The van der Waals surface area contributed by atoms with Gasteiger partial charge in [-0.2, -0.15) is 0 Å². The van der Waals surface area contributed by atoms with Gasteiger partial charge in [0, 0.05) is 11.1 Å². The molecular formula is C16H10ClF2N3OS. The SMILES string of the molecule is O=C(CSc1nncn1-c1cccc(Cl)c1)c1ccc(F)cc1F. The lowest BCUT2D eigenvalue weighted by Crippen LogP contribution is -2.07. The second kappa shape index (κ2) is 7.11. The molecule has 0 fully saturated rings. The lowest BCUT2D eigenvalue weighted by Gasteiger charge is -2.06. The van der Waals surface area contributed by atoms with Crippen LogP contribution in [0.5, 0.6) is 0 Å². The smallest absolute Gasteiger partial charge is 0.196 e. The van der Waals surface area contributed by atoms with E-state index in [4.69, 9.17) is 11.6 Å². The van der Waals surface area contributed by atoms with Crippen LogP contribution in [0, 0.1) is 11.6 Å². The number of benzene rings is 2. The molecule has 4 nitrogen and oxygen atoms in total. The summed E-state index contributed by atoms with van der Waals surface area (Å²) in [7, 11) is 0. The van der Waals surface area contributed by atoms with E-state index >= 15 is 0 Å². The number of ketones is 1. The van der Waals surface area contributed by atoms with Gasteiger partial charge in [-0.3, -0.25) is 9.36 Å². The fourth-order valence-corrected chi connectivity index (χ4v) is 3.05. The lowest BCUT2D eigenvalue weighted by molar-refractivity contribution is 0.101. The first-order valence-corrected chi connectivity index (χ1v) is 8.18. The number of aromatic nitrogens is 3. The first-order valence-electron chi connectivity index (χ1n) is 6.81. The summed E-state index contributed by atoms with van der Waals surface area (Å²) in [4.78, 5) is 12.1. The molecular weight excluding hydrogens is 356 g/mol. The molecule has 0 amide bonds. The topological polar surface area (TPSA) is 47.8 Å². The second-order valence-electron chi connectivity index (χ2n) is 4.80. The first kappa shape index (κ1) is 16.6. The van der Waals surface area contributed by atoms with E-state index in [2.05, 4.69) is 10.2 Å². The van der Waals surface area contributed by atoms with Crippen molar-refractivity contribution in [3.8, 4) is 5.69 Å². The average Bonchev–Trinajstić information content (AvgIpc) is 3.01. The van der Waals surface area contributed by atoms with Gasteiger partial charge in [-0.1, -0.05) is 29.4 Å². The van der Waals surface area contributed by atoms with Gasteiger partial charge in [-0.05, 0) is 30.3 Å². The minimum absolute atomic E-state index is 0.0538. The van der Waals surface area contributed by atoms with Crippen LogP contribution in [0.1, 0.15) is 10.4 Å². The fraction of sp³-hybridized carbons (Fsp3) is 0.0625. The predicted octanol–water partition coefficient (Wildman–Crippen LogP) is 4.17. The third-order valence-corrected chi connectivity index (χ3v) is 4.34. The number of thioether (sulfide) groups is 1. The van der Waals surface area contributed by atoms with Crippen molar-refractivity contribution in [1.82, 2.24) is 14.8 Å². The minimum atomic E-state index is -0.878. The highest BCUT2D eigenvalue weighted by molar-refractivity contribution is 7.99. The number of hydrogen-bond acceptors (Lipinski definition) is 4. The minimum Gasteiger partial charge on any atom is -0.293 e. The molecule has 122 valence electrons. The van der Waals surface area contributed by atoms with E-state index in [1.807, 2.05) is 6.07 Å². The molecule has 3 aromatic rings. The van der Waals surface area contributed by atoms with Crippen LogP contribution in [0.15, 0.2) is 53.9 Å². The maximum absolute atomic E-state index is 13.6. The van der Waals surface area contributed by atoms with Gasteiger partial charge in [0.15, 0.2) is 10.9 Å². The molecule has 24 heavy (non-hydrogen) atoms. The van der Waals surface area contributed by atoms with Gasteiger partial charge in [-0.25, -0.2) is 8.78 Å². The van der Waals surface area contributed by atoms with Crippen molar-refractivity contribution >= 4 is 29.1 Å². The highest BCUT2D eigenvalue weighted by Gasteiger charge is 2.15. The van der Waals surface area contributed by atoms with E-state index < -0.39 is 17.4 Å². The summed E-state index contributed by atoms with van der Waals surface area (Å²) >= 11 is 7.07. The van der Waals surface area contributed by atoms with E-state index in [-0.39, 0.29) is 11.3 Å². The Morgan fingerprint density at radius 2 is 2.04 bits per heavy atom. The summed E-state index contributed by atoms with van der Waals surface area (Å²) in [6, 6.07) is 9.95. The summed E-state index contributed by atoms with van der Waals surface area (Å²) in [5.41, 5.74) is 0.591. The van der Waals surface area contributed by atoms with Crippen LogP contribution in [0.3, 0.4) is 0 Å². The first-order chi connectivity index (χ1) is 11.5. The Labute approximate surface area is 145 Å². The van der Waals surface area contributed by atoms with Crippen LogP contribution in [0.4, 0.5) is 8.78 Å². The highest BCUT2D eigenvalue weighted by atomic mass is 35.5. The van der Waals surface area contributed by atoms with E-state index in [1.165, 1.54) is 6.33 Å². The third-order valence-electron chi connectivity index (χ3n) is 3.17. The maximum Gasteiger partial charge on any atom is 0.196 e. The molecule has 1 heterocycles. The fourth-order valence-electron chi connectivity index (χ4n) is 2.05. The molecule has 0 unspecified atom stereocenters. The zero-order valence-electron chi connectivity index (χ0n) is 12.1. The number of rotatable bonds is 5. The Kier molecular flexibility index (Phi) is 4.92. The Balaban J connectivity index is 1.76. The van der Waals surface area contributed by atoms with Gasteiger partial charge < -0.3 is 0 Å². The van der Waals surface area contributed by atoms with Crippen LogP contribution in [0.2, 0.25) is 5.02 Å². The molecule has 0 aliphatic carbocycles. The van der Waals surface area contributed by atoms with Crippen LogP contribution >= 0.6 is 23.4 Å². The van der Waals surface area contributed by atoms with Crippen LogP contribution in [0.25, 0.3) is 5.69 Å². The molecule has 0 spiro atoms. The zero-order valence-corrected chi connectivity index (χ0v) is 13.7. The number of carbonyl (C=O) groups is 1. The molecule has 0 saturated heterocycles. The van der Waals surface area contributed by atoms with Crippen LogP contribution in [-0.2, 0) is 0 Å². The lowest BCUT2D eigenvalue weighted by atomic mass is 10.1. The van der Waals surface area contributed by atoms with E-state index in [9.17, 15) is 13.6 Å². The number of nitrogens with zero attached hydrogens (tertiary/aromatic N) is 3. The van der Waals surface area contributed by atoms with Crippen LogP contribution in [-0.4, -0.2) is 26.3 Å². The normalized spacial score (nSPS) is 10.8. The van der Waals surface area contributed by atoms with Crippen molar-refractivity contribution in [1.29, 1.82) is 0 Å². The van der Waals surface area contributed by atoms with Crippen molar-refractivity contribution in [2.75, 3.05) is 5.75 Å². The third kappa shape index (κ3) is 3.63. The van der Waals surface area contributed by atoms with Gasteiger partial charge in [0.1, 0.15) is 18.0 Å². The second-order valence-corrected chi connectivity index (χ2v) is 6.18. The molecule has 0 N–H and O–H groups in total. The zero-order chi connectivity index (χ0) is 17.1. The average molecular weight is 366 g/mol. The molecule has 0 bridgehead atoms. The van der Waals surface area contributed by atoms with Crippen molar-refractivity contribution in [3.05, 3.63) is 71.0 Å².